The average molecular weight is 489 g/mol. The monoisotopic (exact) mass is 489 g/mol. The lowest BCUT2D eigenvalue weighted by Gasteiger charge is -2.39. The minimum atomic E-state index is -0.622. The van der Waals surface area contributed by atoms with Gasteiger partial charge in [-0.15, -0.1) is 24.0 Å². The van der Waals surface area contributed by atoms with E-state index in [9.17, 15) is 9.90 Å². The summed E-state index contributed by atoms with van der Waals surface area (Å²) in [5.41, 5.74) is 0.327. The third-order valence-corrected chi connectivity index (χ3v) is 4.40. The van der Waals surface area contributed by atoms with Gasteiger partial charge in [0.25, 0.3) is 0 Å². The van der Waals surface area contributed by atoms with Crippen LogP contribution < -0.4 is 5.32 Å². The molecule has 0 aliphatic carbocycles. The minimum Gasteiger partial charge on any atom is -0.444 e. The Morgan fingerprint density at radius 2 is 2.07 bits per heavy atom. The number of aliphatic hydroxyl groups is 1. The second kappa shape index (κ2) is 9.05. The Labute approximate surface area is 177 Å². The third kappa shape index (κ3) is 5.68. The first kappa shape index (κ1) is 21.7. The normalized spacial score (nSPS) is 20.3. The summed E-state index contributed by atoms with van der Waals surface area (Å²) in [6.07, 6.45) is 2.43. The van der Waals surface area contributed by atoms with Crippen molar-refractivity contribution in [2.24, 2.45) is 4.99 Å². The summed E-state index contributed by atoms with van der Waals surface area (Å²) in [6, 6.07) is 3.74. The summed E-state index contributed by atoms with van der Waals surface area (Å²) in [4.78, 5) is 24.7. The maximum atomic E-state index is 12.2. The van der Waals surface area contributed by atoms with Crippen LogP contribution in [0.5, 0.6) is 0 Å². The predicted molar refractivity (Wildman–Crippen MR) is 113 cm³/mol. The molecule has 1 aromatic rings. The molecular weight excluding hydrogens is 461 g/mol. The maximum absolute atomic E-state index is 12.2. The van der Waals surface area contributed by atoms with Crippen LogP contribution in [-0.2, 0) is 4.74 Å². The number of nitrogens with one attached hydrogen (secondary N) is 1. The van der Waals surface area contributed by atoms with Gasteiger partial charge in [0.1, 0.15) is 5.60 Å². The largest absolute Gasteiger partial charge is 0.444 e. The van der Waals surface area contributed by atoms with Crippen LogP contribution in [0.3, 0.4) is 0 Å². The van der Waals surface area contributed by atoms with Crippen molar-refractivity contribution in [3.05, 3.63) is 30.1 Å². The van der Waals surface area contributed by atoms with Crippen molar-refractivity contribution in [3.8, 4) is 0 Å². The number of aromatic nitrogens is 1. The number of halogens is 1. The van der Waals surface area contributed by atoms with Crippen LogP contribution in [0.2, 0.25) is 0 Å². The number of carbonyl (C=O) groups is 1. The Hall–Kier alpha value is -1.62. The maximum Gasteiger partial charge on any atom is 0.410 e. The van der Waals surface area contributed by atoms with Crippen LogP contribution in [0.1, 0.15) is 32.4 Å². The molecule has 8 nitrogen and oxygen atoms in total. The van der Waals surface area contributed by atoms with Gasteiger partial charge in [-0.3, -0.25) is 9.98 Å². The Bertz CT molecular complexity index is 665. The summed E-state index contributed by atoms with van der Waals surface area (Å²) >= 11 is 0. The van der Waals surface area contributed by atoms with Gasteiger partial charge in [-0.05, 0) is 38.5 Å². The van der Waals surface area contributed by atoms with Gasteiger partial charge in [-0.25, -0.2) is 4.79 Å². The van der Waals surface area contributed by atoms with Crippen LogP contribution in [0.4, 0.5) is 4.79 Å². The van der Waals surface area contributed by atoms with Gasteiger partial charge in [-0.2, -0.15) is 0 Å². The molecule has 1 aromatic heterocycles. The zero-order chi connectivity index (χ0) is 18.7. The van der Waals surface area contributed by atoms with E-state index >= 15 is 0 Å². The highest BCUT2D eigenvalue weighted by Gasteiger charge is 2.36. The molecule has 2 N–H and O–H groups in total. The molecule has 2 aliphatic heterocycles. The zero-order valence-corrected chi connectivity index (χ0v) is 18.3. The molecule has 0 bridgehead atoms. The minimum absolute atomic E-state index is 0. The van der Waals surface area contributed by atoms with E-state index in [0.717, 1.165) is 11.5 Å². The van der Waals surface area contributed by atoms with Gasteiger partial charge in [-0.1, -0.05) is 0 Å². The number of carbonyl (C=O) groups excluding carboxylic acids is 1. The summed E-state index contributed by atoms with van der Waals surface area (Å²) < 4.78 is 5.46. The molecule has 0 spiro atoms. The Kier molecular flexibility index (Phi) is 7.26. The number of fused-ring (bicyclic) bond motifs is 1. The van der Waals surface area contributed by atoms with E-state index in [1.54, 1.807) is 29.4 Å². The molecule has 27 heavy (non-hydrogen) atoms. The van der Waals surface area contributed by atoms with Gasteiger partial charge < -0.3 is 25.0 Å². The molecule has 2 unspecified atom stereocenters. The van der Waals surface area contributed by atoms with Crippen LogP contribution in [0, 0.1) is 0 Å². The third-order valence-electron chi connectivity index (χ3n) is 4.40. The van der Waals surface area contributed by atoms with Gasteiger partial charge in [0.2, 0.25) is 0 Å². The van der Waals surface area contributed by atoms with Crippen molar-refractivity contribution in [3.63, 3.8) is 0 Å². The lowest BCUT2D eigenvalue weighted by Crippen LogP contribution is -2.57. The number of ether oxygens (including phenoxy) is 1. The average Bonchev–Trinajstić information content (AvgIpc) is 3.01. The number of hydrogen-bond acceptors (Lipinski definition) is 7. The highest BCUT2D eigenvalue weighted by atomic mass is 127. The van der Waals surface area contributed by atoms with E-state index < -0.39 is 11.7 Å². The molecule has 2 aliphatic rings. The number of aliphatic hydroxyl groups excluding tert-OH is 1. The predicted octanol–water partition coefficient (Wildman–Crippen LogP) is 1.61. The first-order chi connectivity index (χ1) is 12.3. The van der Waals surface area contributed by atoms with Crippen molar-refractivity contribution >= 4 is 36.0 Å². The second-order valence-corrected chi connectivity index (χ2v) is 7.62. The zero-order valence-electron chi connectivity index (χ0n) is 16.0. The number of amides is 1. The lowest BCUT2D eigenvalue weighted by molar-refractivity contribution is 0.0137. The molecular formula is C18H28IN5O3. The molecule has 0 saturated carbocycles. The van der Waals surface area contributed by atoms with E-state index in [1.807, 2.05) is 20.8 Å². The quantitative estimate of drug-likeness (QED) is 0.628. The van der Waals surface area contributed by atoms with Gasteiger partial charge >= 0.3 is 6.09 Å². The van der Waals surface area contributed by atoms with Gasteiger partial charge in [0.05, 0.1) is 18.7 Å². The fourth-order valence-corrected chi connectivity index (χ4v) is 3.11. The number of guanidine groups is 1. The highest BCUT2D eigenvalue weighted by molar-refractivity contribution is 14.0. The number of rotatable bonds is 3. The molecule has 2 atom stereocenters. The van der Waals surface area contributed by atoms with Crippen LogP contribution >= 0.6 is 24.0 Å². The summed E-state index contributed by atoms with van der Waals surface area (Å²) in [6.45, 7) is 8.51. The second-order valence-electron chi connectivity index (χ2n) is 7.62. The van der Waals surface area contributed by atoms with Gasteiger partial charge in [0, 0.05) is 38.6 Å². The van der Waals surface area contributed by atoms with Crippen LogP contribution in [-0.4, -0.2) is 76.3 Å². The molecule has 0 radical (unpaired) electrons. The van der Waals surface area contributed by atoms with E-state index in [2.05, 4.69) is 20.2 Å². The van der Waals surface area contributed by atoms with E-state index in [-0.39, 0.29) is 36.1 Å². The van der Waals surface area contributed by atoms with Crippen LogP contribution in [0.15, 0.2) is 29.5 Å². The number of piperazine rings is 1. The molecule has 3 heterocycles. The molecule has 1 amide bonds. The molecule has 9 heteroatoms. The van der Waals surface area contributed by atoms with Crippen molar-refractivity contribution in [1.82, 2.24) is 20.1 Å². The van der Waals surface area contributed by atoms with E-state index in [0.29, 0.717) is 32.7 Å². The van der Waals surface area contributed by atoms with E-state index in [1.165, 1.54) is 0 Å². The fourth-order valence-electron chi connectivity index (χ4n) is 3.11. The first-order valence-electron chi connectivity index (χ1n) is 8.94. The van der Waals surface area contributed by atoms with Crippen molar-refractivity contribution < 1.29 is 14.6 Å². The summed E-state index contributed by atoms with van der Waals surface area (Å²) in [5.74, 6) is 0.784. The molecule has 0 aromatic carbocycles. The molecule has 1 saturated heterocycles. The SMILES string of the molecule is CC(C)(C)OC(=O)N1CCN2C(NCC(O)c3ccncc3)=NCC2C1.I. The summed E-state index contributed by atoms with van der Waals surface area (Å²) in [5, 5.41) is 13.5. The molecule has 3 rings (SSSR count). The topological polar surface area (TPSA) is 90.3 Å². The first-order valence-corrected chi connectivity index (χ1v) is 8.94. The summed E-state index contributed by atoms with van der Waals surface area (Å²) in [7, 11) is 0. The fraction of sp³-hybridized carbons (Fsp3) is 0.611. The van der Waals surface area contributed by atoms with Crippen molar-refractivity contribution in [1.29, 1.82) is 0 Å². The lowest BCUT2D eigenvalue weighted by atomic mass is 10.1. The van der Waals surface area contributed by atoms with Crippen LogP contribution in [0.25, 0.3) is 0 Å². The number of hydrogen-bond donors (Lipinski definition) is 2. The number of nitrogens with zero attached hydrogens (tertiary/aromatic N) is 4. The van der Waals surface area contributed by atoms with Crippen molar-refractivity contribution in [2.45, 2.75) is 38.5 Å². The highest BCUT2D eigenvalue weighted by Crippen LogP contribution is 2.19. The Morgan fingerprint density at radius 3 is 2.74 bits per heavy atom. The van der Waals surface area contributed by atoms with Crippen molar-refractivity contribution in [2.75, 3.05) is 32.7 Å². The molecule has 1 fully saturated rings. The number of pyridine rings is 1. The standard InChI is InChI=1S/C18H27N5O3.HI/c1-18(2,3)26-17(25)22-8-9-23-14(12-22)10-20-16(23)21-11-15(24)13-4-6-19-7-5-13;/h4-7,14-15,24H,8-12H2,1-3H3,(H,20,21);1H. The Morgan fingerprint density at radius 1 is 1.37 bits per heavy atom. The smallest absolute Gasteiger partial charge is 0.410 e. The molecule has 150 valence electrons. The van der Waals surface area contributed by atoms with Gasteiger partial charge in [0.15, 0.2) is 5.96 Å². The Balaban J connectivity index is 0.00000261. The number of aliphatic imine (C=N–C) groups is 1. The van der Waals surface area contributed by atoms with E-state index in [4.69, 9.17) is 4.74 Å².